The molecule has 6 heteroatoms. The standard InChI is InChI=1S/C18H15ClN4O/c19-18-22-11-16(12-23-18)17(24)15-5-1-3-13(7-15)8-21-10-14-4-2-6-20-9-14/h1-7,9,11-12,21H,8,10H2. The summed E-state index contributed by atoms with van der Waals surface area (Å²) in [5.74, 6) is -0.124. The van der Waals surface area contributed by atoms with Gasteiger partial charge in [-0.2, -0.15) is 0 Å². The number of hydrogen-bond acceptors (Lipinski definition) is 5. The Bertz CT molecular complexity index is 822. The summed E-state index contributed by atoms with van der Waals surface area (Å²) in [5, 5.41) is 3.46. The molecule has 3 aromatic rings. The molecule has 0 saturated heterocycles. The Labute approximate surface area is 144 Å². The molecule has 1 N–H and O–H groups in total. The summed E-state index contributed by atoms with van der Waals surface area (Å²) in [5.41, 5.74) is 3.16. The van der Waals surface area contributed by atoms with Gasteiger partial charge in [0.2, 0.25) is 5.28 Å². The van der Waals surface area contributed by atoms with Crippen LogP contribution in [0.4, 0.5) is 0 Å². The highest BCUT2D eigenvalue weighted by molar-refractivity contribution is 6.28. The molecule has 0 amide bonds. The number of carbonyl (C=O) groups excluding carboxylic acids is 1. The minimum absolute atomic E-state index is 0.124. The molecule has 0 spiro atoms. The summed E-state index contributed by atoms with van der Waals surface area (Å²) >= 11 is 5.65. The fourth-order valence-corrected chi connectivity index (χ4v) is 2.37. The Morgan fingerprint density at radius 3 is 2.46 bits per heavy atom. The van der Waals surface area contributed by atoms with Crippen molar-refractivity contribution in [2.45, 2.75) is 13.1 Å². The monoisotopic (exact) mass is 338 g/mol. The van der Waals surface area contributed by atoms with Crippen molar-refractivity contribution in [3.63, 3.8) is 0 Å². The molecule has 0 aliphatic carbocycles. The van der Waals surface area contributed by atoms with E-state index in [2.05, 4.69) is 20.3 Å². The van der Waals surface area contributed by atoms with Gasteiger partial charge in [-0.1, -0.05) is 24.3 Å². The molecule has 0 saturated carbocycles. The highest BCUT2D eigenvalue weighted by Gasteiger charge is 2.10. The zero-order chi connectivity index (χ0) is 16.8. The van der Waals surface area contributed by atoms with Gasteiger partial charge in [-0.15, -0.1) is 0 Å². The molecule has 120 valence electrons. The van der Waals surface area contributed by atoms with Gasteiger partial charge >= 0.3 is 0 Å². The summed E-state index contributed by atoms with van der Waals surface area (Å²) < 4.78 is 0. The second-order valence-corrected chi connectivity index (χ2v) is 5.57. The van der Waals surface area contributed by atoms with Gasteiger partial charge in [0.25, 0.3) is 0 Å². The zero-order valence-corrected chi connectivity index (χ0v) is 13.6. The van der Waals surface area contributed by atoms with Crippen LogP contribution in [0, 0.1) is 0 Å². The lowest BCUT2D eigenvalue weighted by atomic mass is 10.0. The molecule has 0 fully saturated rings. The number of aromatic nitrogens is 3. The third kappa shape index (κ3) is 4.22. The Hall–Kier alpha value is -2.63. The number of nitrogens with one attached hydrogen (secondary N) is 1. The van der Waals surface area contributed by atoms with Crippen molar-refractivity contribution in [1.29, 1.82) is 0 Å². The Morgan fingerprint density at radius 2 is 1.71 bits per heavy atom. The summed E-state index contributed by atoms with van der Waals surface area (Å²) in [6.45, 7) is 1.38. The Morgan fingerprint density at radius 1 is 0.958 bits per heavy atom. The van der Waals surface area contributed by atoms with E-state index in [0.717, 1.165) is 17.7 Å². The van der Waals surface area contributed by atoms with E-state index in [9.17, 15) is 4.79 Å². The first-order valence-electron chi connectivity index (χ1n) is 7.43. The number of benzene rings is 1. The van der Waals surface area contributed by atoms with E-state index in [1.165, 1.54) is 12.4 Å². The lowest BCUT2D eigenvalue weighted by Crippen LogP contribution is -2.13. The predicted octanol–water partition coefficient (Wildman–Crippen LogP) is 3.05. The number of rotatable bonds is 6. The maximum absolute atomic E-state index is 12.5. The van der Waals surface area contributed by atoms with Crippen LogP contribution < -0.4 is 5.32 Å². The van der Waals surface area contributed by atoms with Gasteiger partial charge in [-0.05, 0) is 34.9 Å². The van der Waals surface area contributed by atoms with Crippen LogP contribution in [0.1, 0.15) is 27.0 Å². The third-order valence-corrected chi connectivity index (χ3v) is 3.65. The van der Waals surface area contributed by atoms with Crippen LogP contribution in [-0.2, 0) is 13.1 Å². The van der Waals surface area contributed by atoms with Crippen molar-refractivity contribution in [2.24, 2.45) is 0 Å². The molecule has 1 aromatic carbocycles. The molecular formula is C18H15ClN4O. The molecule has 5 nitrogen and oxygen atoms in total. The van der Waals surface area contributed by atoms with Crippen molar-refractivity contribution >= 4 is 17.4 Å². The van der Waals surface area contributed by atoms with Crippen LogP contribution in [0.2, 0.25) is 5.28 Å². The quantitative estimate of drug-likeness (QED) is 0.552. The first kappa shape index (κ1) is 16.2. The molecule has 2 aromatic heterocycles. The van der Waals surface area contributed by atoms with Gasteiger partial charge in [0, 0.05) is 43.4 Å². The van der Waals surface area contributed by atoms with Crippen molar-refractivity contribution in [2.75, 3.05) is 0 Å². The second-order valence-electron chi connectivity index (χ2n) is 5.24. The minimum atomic E-state index is -0.124. The van der Waals surface area contributed by atoms with Crippen LogP contribution in [0.3, 0.4) is 0 Å². The molecular weight excluding hydrogens is 324 g/mol. The summed E-state index contributed by atoms with van der Waals surface area (Å²) in [4.78, 5) is 24.2. The van der Waals surface area contributed by atoms with Crippen molar-refractivity contribution in [3.8, 4) is 0 Å². The van der Waals surface area contributed by atoms with E-state index >= 15 is 0 Å². The molecule has 0 bridgehead atoms. The van der Waals surface area contributed by atoms with Gasteiger partial charge in [-0.3, -0.25) is 9.78 Å². The van der Waals surface area contributed by atoms with Gasteiger partial charge in [0.1, 0.15) is 0 Å². The van der Waals surface area contributed by atoms with Crippen molar-refractivity contribution in [1.82, 2.24) is 20.3 Å². The van der Waals surface area contributed by atoms with Crippen molar-refractivity contribution < 1.29 is 4.79 Å². The molecule has 3 rings (SSSR count). The van der Waals surface area contributed by atoms with Crippen LogP contribution in [-0.4, -0.2) is 20.7 Å². The number of nitrogens with zero attached hydrogens (tertiary/aromatic N) is 3. The van der Waals surface area contributed by atoms with Crippen molar-refractivity contribution in [3.05, 3.63) is 88.7 Å². The lowest BCUT2D eigenvalue weighted by Gasteiger charge is -2.07. The topological polar surface area (TPSA) is 67.8 Å². The highest BCUT2D eigenvalue weighted by atomic mass is 35.5. The molecule has 0 radical (unpaired) electrons. The third-order valence-electron chi connectivity index (χ3n) is 3.45. The van der Waals surface area contributed by atoms with E-state index in [-0.39, 0.29) is 11.1 Å². The predicted molar refractivity (Wildman–Crippen MR) is 91.7 cm³/mol. The van der Waals surface area contributed by atoms with Gasteiger partial charge in [0.05, 0.1) is 5.56 Å². The first-order valence-corrected chi connectivity index (χ1v) is 7.81. The molecule has 2 heterocycles. The fraction of sp³-hybridized carbons (Fsp3) is 0.111. The van der Waals surface area contributed by atoms with Gasteiger partial charge < -0.3 is 5.32 Å². The minimum Gasteiger partial charge on any atom is -0.309 e. The molecule has 0 aliphatic rings. The van der Waals surface area contributed by atoms with E-state index in [0.29, 0.717) is 17.7 Å². The summed E-state index contributed by atoms with van der Waals surface area (Å²) in [6, 6.07) is 11.4. The Balaban J connectivity index is 1.65. The maximum atomic E-state index is 12.5. The fourth-order valence-electron chi connectivity index (χ4n) is 2.27. The molecule has 24 heavy (non-hydrogen) atoms. The average molecular weight is 339 g/mol. The SMILES string of the molecule is O=C(c1cnc(Cl)nc1)c1cccc(CNCc2cccnc2)c1. The van der Waals surface area contributed by atoms with Crippen LogP contribution in [0.15, 0.2) is 61.2 Å². The number of pyridine rings is 1. The molecule has 0 unspecified atom stereocenters. The van der Waals surface area contributed by atoms with Crippen LogP contribution in [0.25, 0.3) is 0 Å². The largest absolute Gasteiger partial charge is 0.309 e. The van der Waals surface area contributed by atoms with Crippen LogP contribution >= 0.6 is 11.6 Å². The molecule has 0 aliphatic heterocycles. The normalized spacial score (nSPS) is 10.5. The average Bonchev–Trinajstić information content (AvgIpc) is 2.63. The maximum Gasteiger partial charge on any atom is 0.222 e. The summed E-state index contributed by atoms with van der Waals surface area (Å²) in [6.07, 6.45) is 6.45. The van der Waals surface area contributed by atoms with E-state index in [1.54, 1.807) is 12.3 Å². The summed E-state index contributed by atoms with van der Waals surface area (Å²) in [7, 11) is 0. The number of ketones is 1. The Kier molecular flexibility index (Phi) is 5.25. The second kappa shape index (κ2) is 7.77. The first-order chi connectivity index (χ1) is 11.7. The van der Waals surface area contributed by atoms with E-state index in [1.807, 2.05) is 36.5 Å². The lowest BCUT2D eigenvalue weighted by molar-refractivity contribution is 0.103. The number of hydrogen-bond donors (Lipinski definition) is 1. The van der Waals surface area contributed by atoms with Gasteiger partial charge in [-0.25, -0.2) is 9.97 Å². The smallest absolute Gasteiger partial charge is 0.222 e. The number of carbonyl (C=O) groups is 1. The molecule has 0 atom stereocenters. The van der Waals surface area contributed by atoms with E-state index < -0.39 is 0 Å². The van der Waals surface area contributed by atoms with E-state index in [4.69, 9.17) is 11.6 Å². The number of halogens is 1. The van der Waals surface area contributed by atoms with Gasteiger partial charge in [0.15, 0.2) is 5.78 Å². The zero-order valence-electron chi connectivity index (χ0n) is 12.8. The highest BCUT2D eigenvalue weighted by Crippen LogP contribution is 2.12. The van der Waals surface area contributed by atoms with Crippen LogP contribution in [0.5, 0.6) is 0 Å².